The molecule has 0 aromatic heterocycles. The van der Waals surface area contributed by atoms with Crippen molar-refractivity contribution in [2.75, 3.05) is 19.6 Å². The lowest BCUT2D eigenvalue weighted by Gasteiger charge is -2.42. The quantitative estimate of drug-likeness (QED) is 0.435. The van der Waals surface area contributed by atoms with E-state index in [4.69, 9.17) is 10.7 Å². The molecular formula is C28H36F2N4O. The van der Waals surface area contributed by atoms with Crippen LogP contribution in [0.25, 0.3) is 0 Å². The minimum Gasteiger partial charge on any atom is -0.334 e. The third kappa shape index (κ3) is 6.14. The molecule has 3 rings (SSSR count). The smallest absolute Gasteiger partial charge is 0.242 e. The summed E-state index contributed by atoms with van der Waals surface area (Å²) < 4.78 is 28.1. The van der Waals surface area contributed by atoms with Crippen LogP contribution >= 0.6 is 0 Å². The van der Waals surface area contributed by atoms with Crippen LogP contribution in [0.4, 0.5) is 14.5 Å². The number of piperazine rings is 1. The Balaban J connectivity index is 2.08. The fourth-order valence-corrected chi connectivity index (χ4v) is 4.34. The molecule has 1 aliphatic heterocycles. The number of aryl methyl sites for hydroxylation is 1. The van der Waals surface area contributed by atoms with Crippen LogP contribution in [-0.4, -0.2) is 46.7 Å². The van der Waals surface area contributed by atoms with Crippen LogP contribution in [0.15, 0.2) is 59.7 Å². The number of carbonyl (C=O) groups is 1. The van der Waals surface area contributed by atoms with Crippen molar-refractivity contribution in [3.63, 3.8) is 0 Å². The average molecular weight is 483 g/mol. The van der Waals surface area contributed by atoms with E-state index in [1.54, 1.807) is 49.9 Å². The van der Waals surface area contributed by atoms with Gasteiger partial charge in [-0.1, -0.05) is 45.0 Å². The number of nitrogens with zero attached hydrogens (tertiary/aromatic N) is 3. The fraction of sp³-hybridized carbons (Fsp3) is 0.429. The number of amides is 1. The summed E-state index contributed by atoms with van der Waals surface area (Å²) in [5.41, 5.74) is 7.73. The molecule has 7 heteroatoms. The Morgan fingerprint density at radius 3 is 2.37 bits per heavy atom. The van der Waals surface area contributed by atoms with Gasteiger partial charge in [0.1, 0.15) is 17.5 Å². The summed E-state index contributed by atoms with van der Waals surface area (Å²) in [5, 5.41) is 0. The van der Waals surface area contributed by atoms with E-state index in [-0.39, 0.29) is 29.4 Å². The van der Waals surface area contributed by atoms with E-state index >= 15 is 0 Å². The van der Waals surface area contributed by atoms with Crippen LogP contribution in [0, 0.1) is 24.5 Å². The maximum Gasteiger partial charge on any atom is 0.242 e. The standard InChI is InChI=1S/C28H36F2N4O/c1-7-18(2)25(21-9-11-22(29)12-10-21)26(32-23-13-8-19(3)24(30)16-23)34-15-14-33(17-20(34)4)27(35)28(5,6)31/h8-13,16,18,25H,4,7,14-15,17,31H2,1-3,5-6H3. The van der Waals surface area contributed by atoms with E-state index < -0.39 is 5.54 Å². The number of nitrogens with two attached hydrogens (primary N) is 1. The Morgan fingerprint density at radius 2 is 1.83 bits per heavy atom. The van der Waals surface area contributed by atoms with E-state index in [0.717, 1.165) is 12.0 Å². The number of hydrogen-bond donors (Lipinski definition) is 1. The zero-order valence-corrected chi connectivity index (χ0v) is 21.3. The molecule has 2 atom stereocenters. The predicted molar refractivity (Wildman–Crippen MR) is 138 cm³/mol. The lowest BCUT2D eigenvalue weighted by Crippen LogP contribution is -2.57. The highest BCUT2D eigenvalue weighted by Crippen LogP contribution is 2.34. The second kappa shape index (κ2) is 10.7. The highest BCUT2D eigenvalue weighted by molar-refractivity contribution is 5.93. The number of amidine groups is 1. The number of hydrogen-bond acceptors (Lipinski definition) is 3. The molecule has 0 saturated carbocycles. The first-order chi connectivity index (χ1) is 16.4. The Kier molecular flexibility index (Phi) is 8.11. The first-order valence-corrected chi connectivity index (χ1v) is 12.1. The minimum absolute atomic E-state index is 0.144. The highest BCUT2D eigenvalue weighted by atomic mass is 19.1. The topological polar surface area (TPSA) is 61.9 Å². The summed E-state index contributed by atoms with van der Waals surface area (Å²) in [4.78, 5) is 21.4. The van der Waals surface area contributed by atoms with E-state index in [1.165, 1.54) is 18.2 Å². The summed E-state index contributed by atoms with van der Waals surface area (Å²) in [6.07, 6.45) is 0.857. The molecule has 0 radical (unpaired) electrons. The van der Waals surface area contributed by atoms with Gasteiger partial charge >= 0.3 is 0 Å². The molecule has 35 heavy (non-hydrogen) atoms. The molecule has 2 aromatic rings. The number of carbonyl (C=O) groups excluding carboxylic acids is 1. The van der Waals surface area contributed by atoms with Gasteiger partial charge in [-0.2, -0.15) is 0 Å². The molecule has 1 saturated heterocycles. The molecule has 2 aromatic carbocycles. The molecule has 1 heterocycles. The van der Waals surface area contributed by atoms with Gasteiger partial charge in [0, 0.05) is 24.7 Å². The van der Waals surface area contributed by atoms with Crippen molar-refractivity contribution < 1.29 is 13.6 Å². The monoisotopic (exact) mass is 482 g/mol. The van der Waals surface area contributed by atoms with E-state index in [9.17, 15) is 13.6 Å². The summed E-state index contributed by atoms with van der Waals surface area (Å²) in [7, 11) is 0. The molecule has 2 unspecified atom stereocenters. The van der Waals surface area contributed by atoms with Crippen molar-refractivity contribution in [1.82, 2.24) is 9.80 Å². The van der Waals surface area contributed by atoms with Crippen LogP contribution in [0.5, 0.6) is 0 Å². The van der Waals surface area contributed by atoms with Crippen LogP contribution < -0.4 is 5.73 Å². The van der Waals surface area contributed by atoms with Crippen LogP contribution in [0.3, 0.4) is 0 Å². The van der Waals surface area contributed by atoms with Crippen LogP contribution in [0.2, 0.25) is 0 Å². The second-order valence-corrected chi connectivity index (χ2v) is 9.98. The maximum atomic E-state index is 14.4. The van der Waals surface area contributed by atoms with Gasteiger partial charge < -0.3 is 15.5 Å². The predicted octanol–water partition coefficient (Wildman–Crippen LogP) is 5.53. The molecule has 0 aliphatic carbocycles. The van der Waals surface area contributed by atoms with Crippen molar-refractivity contribution in [2.45, 2.75) is 52.5 Å². The van der Waals surface area contributed by atoms with Crippen molar-refractivity contribution in [3.05, 3.63) is 77.5 Å². The molecule has 0 bridgehead atoms. The Bertz CT molecular complexity index is 1100. The molecule has 1 aliphatic rings. The number of aliphatic imine (C=N–C) groups is 1. The summed E-state index contributed by atoms with van der Waals surface area (Å²) >= 11 is 0. The SMILES string of the molecule is C=C1CN(C(=O)C(C)(C)N)CCN1C(=Nc1ccc(C)c(F)c1)C(c1ccc(F)cc1)C(C)CC. The summed E-state index contributed by atoms with van der Waals surface area (Å²) in [6.45, 7) is 14.8. The van der Waals surface area contributed by atoms with Gasteiger partial charge in [-0.3, -0.25) is 4.79 Å². The molecule has 1 fully saturated rings. The van der Waals surface area contributed by atoms with Gasteiger partial charge in [0.25, 0.3) is 0 Å². The summed E-state index contributed by atoms with van der Waals surface area (Å²) in [6, 6.07) is 11.4. The van der Waals surface area contributed by atoms with Crippen molar-refractivity contribution >= 4 is 17.4 Å². The Hall–Kier alpha value is -3.06. The van der Waals surface area contributed by atoms with Gasteiger partial charge in [0.15, 0.2) is 0 Å². The molecule has 5 nitrogen and oxygen atoms in total. The lowest BCUT2D eigenvalue weighted by molar-refractivity contribution is -0.136. The molecule has 1 amide bonds. The molecule has 188 valence electrons. The molecular weight excluding hydrogens is 446 g/mol. The van der Waals surface area contributed by atoms with Crippen molar-refractivity contribution in [3.8, 4) is 0 Å². The number of rotatable bonds is 6. The van der Waals surface area contributed by atoms with Gasteiger partial charge in [-0.05, 0) is 62.1 Å². The van der Waals surface area contributed by atoms with Gasteiger partial charge in [0.05, 0.1) is 17.8 Å². The first kappa shape index (κ1) is 26.5. The number of halogens is 2. The maximum absolute atomic E-state index is 14.4. The molecule has 0 spiro atoms. The minimum atomic E-state index is -0.980. The Labute approximate surface area is 207 Å². The van der Waals surface area contributed by atoms with Crippen molar-refractivity contribution in [2.24, 2.45) is 16.6 Å². The fourth-order valence-electron chi connectivity index (χ4n) is 4.34. The zero-order chi connectivity index (χ0) is 25.9. The van der Waals surface area contributed by atoms with Gasteiger partial charge in [-0.25, -0.2) is 13.8 Å². The first-order valence-electron chi connectivity index (χ1n) is 12.1. The summed E-state index contributed by atoms with van der Waals surface area (Å²) in [5.74, 6) is -0.101. The van der Waals surface area contributed by atoms with Crippen LogP contribution in [0.1, 0.15) is 51.2 Å². The second-order valence-electron chi connectivity index (χ2n) is 9.98. The normalized spacial score (nSPS) is 16.9. The van der Waals surface area contributed by atoms with Gasteiger partial charge in [-0.15, -0.1) is 0 Å². The third-order valence-corrected chi connectivity index (χ3v) is 6.58. The lowest BCUT2D eigenvalue weighted by atomic mass is 9.83. The largest absolute Gasteiger partial charge is 0.334 e. The van der Waals surface area contributed by atoms with Gasteiger partial charge in [0.2, 0.25) is 5.91 Å². The Morgan fingerprint density at radius 1 is 1.17 bits per heavy atom. The molecule has 2 N–H and O–H groups in total. The van der Waals surface area contributed by atoms with Crippen molar-refractivity contribution in [1.29, 1.82) is 0 Å². The highest BCUT2D eigenvalue weighted by Gasteiger charge is 2.35. The van der Waals surface area contributed by atoms with E-state index in [2.05, 4.69) is 20.4 Å². The van der Waals surface area contributed by atoms with Crippen LogP contribution in [-0.2, 0) is 4.79 Å². The number of benzene rings is 2. The van der Waals surface area contributed by atoms with E-state index in [1.807, 2.05) is 4.90 Å². The average Bonchev–Trinajstić information content (AvgIpc) is 2.80. The van der Waals surface area contributed by atoms with E-state index in [0.29, 0.717) is 42.4 Å². The third-order valence-electron chi connectivity index (χ3n) is 6.58. The zero-order valence-electron chi connectivity index (χ0n) is 21.3.